The number of anilines is 1. The van der Waals surface area contributed by atoms with Crippen molar-refractivity contribution in [2.24, 2.45) is 11.8 Å². The number of nitrogens with zero attached hydrogens (tertiary/aromatic N) is 2. The Balaban J connectivity index is 2.26. The minimum Gasteiger partial charge on any atom is -0.372 e. The molecular weight excluding hydrogens is 325 g/mol. The van der Waals surface area contributed by atoms with E-state index in [1.807, 2.05) is 7.05 Å². The first-order valence-electron chi connectivity index (χ1n) is 6.33. The van der Waals surface area contributed by atoms with Gasteiger partial charge in [-0.15, -0.1) is 0 Å². The second-order valence-electron chi connectivity index (χ2n) is 5.24. The van der Waals surface area contributed by atoms with Crippen molar-refractivity contribution in [1.82, 2.24) is 9.97 Å². The third-order valence-electron chi connectivity index (χ3n) is 2.97. The summed E-state index contributed by atoms with van der Waals surface area (Å²) in [7, 11) is 1.94. The third kappa shape index (κ3) is 3.53. The van der Waals surface area contributed by atoms with Gasteiger partial charge in [-0.2, -0.15) is 0 Å². The summed E-state index contributed by atoms with van der Waals surface area (Å²) in [6.07, 6.45) is 4.79. The highest BCUT2D eigenvalue weighted by molar-refractivity contribution is 14.1. The van der Waals surface area contributed by atoms with Gasteiger partial charge in [-0.25, -0.2) is 9.97 Å². The molecule has 0 radical (unpaired) electrons. The van der Waals surface area contributed by atoms with Gasteiger partial charge in [0.2, 0.25) is 0 Å². The van der Waals surface area contributed by atoms with Gasteiger partial charge >= 0.3 is 0 Å². The Kier molecular flexibility index (Phi) is 4.22. The van der Waals surface area contributed by atoms with Crippen LogP contribution in [-0.2, 0) is 12.8 Å². The van der Waals surface area contributed by atoms with Crippen molar-refractivity contribution in [3.8, 4) is 0 Å². The Morgan fingerprint density at radius 2 is 2.06 bits per heavy atom. The molecule has 1 heterocycles. The van der Waals surface area contributed by atoms with Crippen molar-refractivity contribution in [2.45, 2.75) is 39.5 Å². The van der Waals surface area contributed by atoms with E-state index >= 15 is 0 Å². The van der Waals surface area contributed by atoms with Crippen molar-refractivity contribution in [3.63, 3.8) is 0 Å². The van der Waals surface area contributed by atoms with Crippen LogP contribution in [-0.4, -0.2) is 17.0 Å². The van der Waals surface area contributed by atoms with Crippen molar-refractivity contribution in [1.29, 1.82) is 0 Å². The smallest absolute Gasteiger partial charge is 0.143 e. The van der Waals surface area contributed by atoms with E-state index in [2.05, 4.69) is 46.7 Å². The van der Waals surface area contributed by atoms with E-state index < -0.39 is 0 Å². The molecule has 0 saturated heterocycles. The van der Waals surface area contributed by atoms with Gasteiger partial charge in [0.15, 0.2) is 0 Å². The molecule has 0 amide bonds. The summed E-state index contributed by atoms with van der Waals surface area (Å²) < 4.78 is 1.18. The third-order valence-corrected chi connectivity index (χ3v) is 4.11. The van der Waals surface area contributed by atoms with Gasteiger partial charge in [-0.1, -0.05) is 13.8 Å². The zero-order valence-corrected chi connectivity index (χ0v) is 12.9. The standard InChI is InChI=1S/C13H20IN3/c1-8(2)6-10-12(14)13(15-3)17-11(16-10)7-9-4-5-9/h8-9H,4-7H2,1-3H3,(H,15,16,17). The fourth-order valence-electron chi connectivity index (χ4n) is 1.90. The van der Waals surface area contributed by atoms with Crippen LogP contribution >= 0.6 is 22.6 Å². The molecule has 0 unspecified atom stereocenters. The SMILES string of the molecule is CNc1nc(CC2CC2)nc(CC(C)C)c1I. The number of aromatic nitrogens is 2. The minimum atomic E-state index is 0.636. The van der Waals surface area contributed by atoms with Gasteiger partial charge < -0.3 is 5.32 Å². The van der Waals surface area contributed by atoms with Crippen LogP contribution in [0.3, 0.4) is 0 Å². The highest BCUT2D eigenvalue weighted by Crippen LogP contribution is 2.32. The summed E-state index contributed by atoms with van der Waals surface area (Å²) in [4.78, 5) is 9.35. The normalized spacial score (nSPS) is 15.4. The van der Waals surface area contributed by atoms with E-state index in [0.29, 0.717) is 5.92 Å². The Hall–Kier alpha value is -0.390. The average Bonchev–Trinajstić information content (AvgIpc) is 3.05. The molecule has 0 atom stereocenters. The fraction of sp³-hybridized carbons (Fsp3) is 0.692. The lowest BCUT2D eigenvalue weighted by Gasteiger charge is -2.12. The molecule has 1 N–H and O–H groups in total. The second-order valence-corrected chi connectivity index (χ2v) is 6.32. The minimum absolute atomic E-state index is 0.636. The van der Waals surface area contributed by atoms with Crippen LogP contribution in [0.2, 0.25) is 0 Å². The van der Waals surface area contributed by atoms with Crippen LogP contribution in [0.5, 0.6) is 0 Å². The second kappa shape index (κ2) is 5.50. The molecule has 1 aromatic rings. The van der Waals surface area contributed by atoms with Gasteiger partial charge in [0.25, 0.3) is 0 Å². The lowest BCUT2D eigenvalue weighted by Crippen LogP contribution is -2.10. The molecule has 1 aliphatic carbocycles. The largest absolute Gasteiger partial charge is 0.372 e. The maximum absolute atomic E-state index is 4.74. The Bertz CT molecular complexity index is 400. The molecule has 4 heteroatoms. The molecule has 2 rings (SSSR count). The van der Waals surface area contributed by atoms with Crippen LogP contribution in [0, 0.1) is 15.4 Å². The zero-order valence-electron chi connectivity index (χ0n) is 10.8. The number of halogens is 1. The predicted octanol–water partition coefficient (Wildman–Crippen LogP) is 3.27. The molecule has 94 valence electrons. The van der Waals surface area contributed by atoms with Crippen molar-refractivity contribution in [3.05, 3.63) is 15.1 Å². The van der Waals surface area contributed by atoms with Crippen LogP contribution in [0.15, 0.2) is 0 Å². The first-order valence-corrected chi connectivity index (χ1v) is 7.41. The summed E-state index contributed by atoms with van der Waals surface area (Å²) in [6.45, 7) is 4.47. The summed E-state index contributed by atoms with van der Waals surface area (Å²) in [5.41, 5.74) is 1.20. The van der Waals surface area contributed by atoms with Gasteiger partial charge in [-0.3, -0.25) is 0 Å². The number of nitrogens with one attached hydrogen (secondary N) is 1. The maximum atomic E-state index is 4.74. The number of hydrogen-bond acceptors (Lipinski definition) is 3. The van der Waals surface area contributed by atoms with Crippen LogP contribution < -0.4 is 5.32 Å². The van der Waals surface area contributed by atoms with E-state index in [4.69, 9.17) is 4.98 Å². The van der Waals surface area contributed by atoms with Gasteiger partial charge in [0.1, 0.15) is 11.6 Å². The zero-order chi connectivity index (χ0) is 12.4. The van der Waals surface area contributed by atoms with Crippen molar-refractivity contribution < 1.29 is 0 Å². The quantitative estimate of drug-likeness (QED) is 0.833. The van der Waals surface area contributed by atoms with E-state index in [1.165, 1.54) is 22.1 Å². The first-order chi connectivity index (χ1) is 8.10. The fourth-order valence-corrected chi connectivity index (χ4v) is 2.63. The topological polar surface area (TPSA) is 37.8 Å². The van der Waals surface area contributed by atoms with Crippen LogP contribution in [0.1, 0.15) is 38.2 Å². The lowest BCUT2D eigenvalue weighted by atomic mass is 10.1. The molecule has 1 fully saturated rings. The first kappa shape index (κ1) is 13.1. The summed E-state index contributed by atoms with van der Waals surface area (Å²) in [6, 6.07) is 0. The molecule has 0 aliphatic heterocycles. The molecule has 3 nitrogen and oxygen atoms in total. The van der Waals surface area contributed by atoms with E-state index in [-0.39, 0.29) is 0 Å². The van der Waals surface area contributed by atoms with Crippen LogP contribution in [0.25, 0.3) is 0 Å². The molecule has 1 aliphatic rings. The van der Waals surface area contributed by atoms with Gasteiger partial charge in [0.05, 0.1) is 9.26 Å². The Labute approximate surface area is 117 Å². The Morgan fingerprint density at radius 3 is 2.59 bits per heavy atom. The van der Waals surface area contributed by atoms with E-state index in [1.54, 1.807) is 0 Å². The Morgan fingerprint density at radius 1 is 1.35 bits per heavy atom. The van der Waals surface area contributed by atoms with E-state index in [0.717, 1.165) is 30.4 Å². The van der Waals surface area contributed by atoms with Gasteiger partial charge in [-0.05, 0) is 53.7 Å². The molecule has 0 bridgehead atoms. The highest BCUT2D eigenvalue weighted by Gasteiger charge is 2.24. The molecule has 0 aromatic carbocycles. The molecule has 0 spiro atoms. The van der Waals surface area contributed by atoms with Crippen molar-refractivity contribution in [2.75, 3.05) is 12.4 Å². The molecule has 1 saturated carbocycles. The van der Waals surface area contributed by atoms with Crippen molar-refractivity contribution >= 4 is 28.4 Å². The number of hydrogen-bond donors (Lipinski definition) is 1. The average molecular weight is 345 g/mol. The lowest BCUT2D eigenvalue weighted by molar-refractivity contribution is 0.625. The summed E-state index contributed by atoms with van der Waals surface area (Å²) in [5.74, 6) is 3.49. The summed E-state index contributed by atoms with van der Waals surface area (Å²) >= 11 is 2.35. The van der Waals surface area contributed by atoms with Gasteiger partial charge in [0, 0.05) is 13.5 Å². The maximum Gasteiger partial charge on any atom is 0.143 e. The monoisotopic (exact) mass is 345 g/mol. The molecule has 1 aromatic heterocycles. The van der Waals surface area contributed by atoms with E-state index in [9.17, 15) is 0 Å². The molecular formula is C13H20IN3. The summed E-state index contributed by atoms with van der Waals surface area (Å²) in [5, 5.41) is 3.18. The molecule has 17 heavy (non-hydrogen) atoms. The van der Waals surface area contributed by atoms with Crippen LogP contribution in [0.4, 0.5) is 5.82 Å². The highest BCUT2D eigenvalue weighted by atomic mass is 127. The number of rotatable bonds is 5. The predicted molar refractivity (Wildman–Crippen MR) is 79.3 cm³/mol.